The third kappa shape index (κ3) is 5.62. The summed E-state index contributed by atoms with van der Waals surface area (Å²) in [5.41, 5.74) is 0. The molecule has 0 aromatic rings. The fraction of sp³-hybridized carbons (Fsp3) is 1.00. The monoisotopic (exact) mass is 292 g/mol. The van der Waals surface area contributed by atoms with Crippen LogP contribution < -0.4 is 0 Å². The normalized spacial score (nSPS) is 24.9. The molecule has 2 unspecified atom stereocenters. The summed E-state index contributed by atoms with van der Waals surface area (Å²) in [6.07, 6.45) is 1.59. The molecule has 0 aromatic carbocycles. The number of alkyl halides is 1. The Labute approximate surface area is 108 Å². The van der Waals surface area contributed by atoms with Crippen LogP contribution >= 0.6 is 15.9 Å². The topological polar surface area (TPSA) is 15.7 Å². The molecule has 0 radical (unpaired) electrons. The van der Waals surface area contributed by atoms with Crippen LogP contribution in [0.25, 0.3) is 0 Å². The van der Waals surface area contributed by atoms with E-state index in [9.17, 15) is 0 Å². The second-order valence-electron chi connectivity index (χ2n) is 4.72. The van der Waals surface area contributed by atoms with Gasteiger partial charge in [-0.25, -0.2) is 0 Å². The van der Waals surface area contributed by atoms with Gasteiger partial charge in [-0.15, -0.1) is 0 Å². The first-order valence-electron chi connectivity index (χ1n) is 6.28. The van der Waals surface area contributed by atoms with E-state index in [1.165, 1.54) is 6.42 Å². The molecule has 0 bridgehead atoms. The highest BCUT2D eigenvalue weighted by Gasteiger charge is 2.20. The predicted octanol–water partition coefficient (Wildman–Crippen LogP) is 1.81. The van der Waals surface area contributed by atoms with Gasteiger partial charge in [-0.2, -0.15) is 0 Å². The highest BCUT2D eigenvalue weighted by Crippen LogP contribution is 2.08. The molecule has 0 amide bonds. The molecule has 1 aliphatic rings. The van der Waals surface area contributed by atoms with Crippen LogP contribution in [-0.4, -0.2) is 67.1 Å². The van der Waals surface area contributed by atoms with E-state index in [2.05, 4.69) is 46.6 Å². The number of hydrogen-bond donors (Lipinski definition) is 0. The lowest BCUT2D eigenvalue weighted by molar-refractivity contribution is -0.0389. The van der Waals surface area contributed by atoms with Gasteiger partial charge in [-0.05, 0) is 26.6 Å². The molecular formula is C12H25BrN2O. The van der Waals surface area contributed by atoms with Crippen molar-refractivity contribution >= 4 is 15.9 Å². The Kier molecular flexibility index (Phi) is 6.89. The number of morpholine rings is 1. The van der Waals surface area contributed by atoms with E-state index in [0.29, 0.717) is 10.9 Å². The minimum Gasteiger partial charge on any atom is -0.374 e. The summed E-state index contributed by atoms with van der Waals surface area (Å²) in [4.78, 5) is 5.45. The first-order chi connectivity index (χ1) is 7.61. The highest BCUT2D eigenvalue weighted by atomic mass is 79.9. The van der Waals surface area contributed by atoms with Crippen molar-refractivity contribution in [1.82, 2.24) is 9.80 Å². The molecule has 1 fully saturated rings. The second kappa shape index (κ2) is 7.64. The average molecular weight is 293 g/mol. The molecule has 96 valence electrons. The standard InChI is InChI=1S/C12H25BrN2O/c1-4-15-7-8-16-12(10-15)9-14(3)6-5-11(2)13/h11-12H,4-10H2,1-3H3. The van der Waals surface area contributed by atoms with Crippen molar-refractivity contribution in [1.29, 1.82) is 0 Å². The zero-order chi connectivity index (χ0) is 12.0. The molecule has 0 aliphatic carbocycles. The van der Waals surface area contributed by atoms with Crippen molar-refractivity contribution in [3.63, 3.8) is 0 Å². The highest BCUT2D eigenvalue weighted by molar-refractivity contribution is 9.09. The molecule has 0 spiro atoms. The minimum absolute atomic E-state index is 0.393. The Balaban J connectivity index is 2.19. The van der Waals surface area contributed by atoms with Gasteiger partial charge in [0.1, 0.15) is 0 Å². The summed E-state index contributed by atoms with van der Waals surface area (Å²) >= 11 is 3.58. The summed E-state index contributed by atoms with van der Waals surface area (Å²) in [6, 6.07) is 0. The molecule has 0 saturated carbocycles. The molecular weight excluding hydrogens is 268 g/mol. The maximum absolute atomic E-state index is 5.79. The number of halogens is 1. The number of likely N-dealkylation sites (N-methyl/N-ethyl adjacent to an activating group) is 2. The van der Waals surface area contributed by atoms with Crippen molar-refractivity contribution in [2.45, 2.75) is 31.2 Å². The Bertz CT molecular complexity index is 190. The summed E-state index contributed by atoms with van der Waals surface area (Å²) in [5, 5.41) is 0. The van der Waals surface area contributed by atoms with E-state index in [1.54, 1.807) is 0 Å². The Hall–Kier alpha value is 0.360. The summed E-state index contributed by atoms with van der Waals surface area (Å²) < 4.78 is 5.79. The van der Waals surface area contributed by atoms with Gasteiger partial charge < -0.3 is 9.64 Å². The SMILES string of the molecule is CCN1CCOC(CN(C)CCC(C)Br)C1. The van der Waals surface area contributed by atoms with E-state index < -0.39 is 0 Å². The van der Waals surface area contributed by atoms with Gasteiger partial charge in [-0.3, -0.25) is 4.90 Å². The smallest absolute Gasteiger partial charge is 0.0829 e. The van der Waals surface area contributed by atoms with Crippen LogP contribution in [0, 0.1) is 0 Å². The van der Waals surface area contributed by atoms with Crippen LogP contribution in [-0.2, 0) is 4.74 Å². The maximum atomic E-state index is 5.79. The Morgan fingerprint density at radius 2 is 2.31 bits per heavy atom. The first-order valence-corrected chi connectivity index (χ1v) is 7.20. The van der Waals surface area contributed by atoms with Gasteiger partial charge in [0.15, 0.2) is 0 Å². The van der Waals surface area contributed by atoms with Gasteiger partial charge in [0.2, 0.25) is 0 Å². The molecule has 1 aliphatic heterocycles. The van der Waals surface area contributed by atoms with Crippen molar-refractivity contribution in [2.75, 3.05) is 46.4 Å². The molecule has 1 rings (SSSR count). The van der Waals surface area contributed by atoms with E-state index in [-0.39, 0.29) is 0 Å². The lowest BCUT2D eigenvalue weighted by Gasteiger charge is -2.34. The van der Waals surface area contributed by atoms with Crippen molar-refractivity contribution in [3.05, 3.63) is 0 Å². The van der Waals surface area contributed by atoms with Gasteiger partial charge >= 0.3 is 0 Å². The molecule has 1 heterocycles. The Morgan fingerprint density at radius 1 is 1.56 bits per heavy atom. The van der Waals surface area contributed by atoms with E-state index in [1.807, 2.05) is 0 Å². The zero-order valence-corrected chi connectivity index (χ0v) is 12.4. The van der Waals surface area contributed by atoms with Crippen LogP contribution in [0.15, 0.2) is 0 Å². The van der Waals surface area contributed by atoms with E-state index >= 15 is 0 Å². The van der Waals surface area contributed by atoms with Gasteiger partial charge in [-0.1, -0.05) is 29.8 Å². The van der Waals surface area contributed by atoms with Crippen molar-refractivity contribution in [2.24, 2.45) is 0 Å². The predicted molar refractivity (Wildman–Crippen MR) is 72.4 cm³/mol. The number of rotatable bonds is 6. The maximum Gasteiger partial charge on any atom is 0.0829 e. The average Bonchev–Trinajstić information content (AvgIpc) is 2.26. The first kappa shape index (κ1) is 14.4. The zero-order valence-electron chi connectivity index (χ0n) is 10.8. The van der Waals surface area contributed by atoms with Crippen LogP contribution in [0.2, 0.25) is 0 Å². The largest absolute Gasteiger partial charge is 0.374 e. The molecule has 3 nitrogen and oxygen atoms in total. The molecule has 0 N–H and O–H groups in total. The second-order valence-corrected chi connectivity index (χ2v) is 6.28. The number of ether oxygens (including phenoxy) is 1. The van der Waals surface area contributed by atoms with Crippen molar-refractivity contribution < 1.29 is 4.74 Å². The van der Waals surface area contributed by atoms with Crippen LogP contribution in [0.3, 0.4) is 0 Å². The molecule has 4 heteroatoms. The van der Waals surface area contributed by atoms with Crippen molar-refractivity contribution in [3.8, 4) is 0 Å². The van der Waals surface area contributed by atoms with Gasteiger partial charge in [0.25, 0.3) is 0 Å². The quantitative estimate of drug-likeness (QED) is 0.695. The fourth-order valence-electron chi connectivity index (χ4n) is 2.02. The Morgan fingerprint density at radius 3 is 2.94 bits per heavy atom. The summed E-state index contributed by atoms with van der Waals surface area (Å²) in [5.74, 6) is 0. The fourth-order valence-corrected chi connectivity index (χ4v) is 2.22. The lowest BCUT2D eigenvalue weighted by atomic mass is 10.2. The third-order valence-corrected chi connectivity index (χ3v) is 3.55. The molecule has 16 heavy (non-hydrogen) atoms. The number of hydrogen-bond acceptors (Lipinski definition) is 3. The molecule has 2 atom stereocenters. The lowest BCUT2D eigenvalue weighted by Crippen LogP contribution is -2.46. The van der Waals surface area contributed by atoms with Gasteiger partial charge in [0, 0.05) is 24.5 Å². The molecule has 1 saturated heterocycles. The molecule has 0 aromatic heterocycles. The summed E-state index contributed by atoms with van der Waals surface area (Å²) in [7, 11) is 2.18. The van der Waals surface area contributed by atoms with E-state index in [4.69, 9.17) is 4.74 Å². The summed E-state index contributed by atoms with van der Waals surface area (Å²) in [6.45, 7) is 10.8. The number of nitrogens with zero attached hydrogens (tertiary/aromatic N) is 2. The van der Waals surface area contributed by atoms with Crippen LogP contribution in [0.5, 0.6) is 0 Å². The van der Waals surface area contributed by atoms with E-state index in [0.717, 1.165) is 39.3 Å². The minimum atomic E-state index is 0.393. The third-order valence-electron chi connectivity index (χ3n) is 3.09. The van der Waals surface area contributed by atoms with Crippen LogP contribution in [0.1, 0.15) is 20.3 Å². The van der Waals surface area contributed by atoms with Crippen LogP contribution in [0.4, 0.5) is 0 Å². The van der Waals surface area contributed by atoms with Gasteiger partial charge in [0.05, 0.1) is 12.7 Å².